The molecule has 1 saturated carbocycles. The summed E-state index contributed by atoms with van der Waals surface area (Å²) in [4.78, 5) is 12.1. The van der Waals surface area contributed by atoms with E-state index in [1.165, 1.54) is 5.38 Å². The fourth-order valence-corrected chi connectivity index (χ4v) is 4.77. The molecule has 1 aliphatic rings. The number of hydrogen-bond donors (Lipinski definition) is 1. The van der Waals surface area contributed by atoms with Gasteiger partial charge in [-0.2, -0.15) is 0 Å². The Bertz CT molecular complexity index is 614. The van der Waals surface area contributed by atoms with E-state index < -0.39 is 9.05 Å². The van der Waals surface area contributed by atoms with Crippen LogP contribution in [0.1, 0.15) is 35.2 Å². The molecular formula is C12H16ClNO4S2. The van der Waals surface area contributed by atoms with E-state index >= 15 is 0 Å². The van der Waals surface area contributed by atoms with Gasteiger partial charge >= 0.3 is 0 Å². The fourth-order valence-electron chi connectivity index (χ4n) is 2.22. The van der Waals surface area contributed by atoms with E-state index in [9.17, 15) is 13.2 Å². The second-order valence-electron chi connectivity index (χ2n) is 4.92. The summed E-state index contributed by atoms with van der Waals surface area (Å²) in [6.45, 7) is 2.01. The summed E-state index contributed by atoms with van der Waals surface area (Å²) in [6, 6.07) is 0. The van der Waals surface area contributed by atoms with Gasteiger partial charge in [-0.3, -0.25) is 4.79 Å². The highest BCUT2D eigenvalue weighted by Gasteiger charge is 2.37. The molecule has 1 aromatic rings. The maximum Gasteiger partial charge on any atom is 0.271 e. The number of nitrogens with one attached hydrogen (secondary N) is 1. The van der Waals surface area contributed by atoms with Crippen LogP contribution in [0.5, 0.6) is 0 Å². The summed E-state index contributed by atoms with van der Waals surface area (Å²) in [5.41, 5.74) is 0.475. The molecule has 1 fully saturated rings. The minimum Gasteiger partial charge on any atom is -0.376 e. The third-order valence-electron chi connectivity index (χ3n) is 3.73. The summed E-state index contributed by atoms with van der Waals surface area (Å²) in [5.74, 6) is -0.298. The third kappa shape index (κ3) is 3.00. The van der Waals surface area contributed by atoms with Crippen LogP contribution >= 0.6 is 22.0 Å². The molecular weight excluding hydrogens is 322 g/mol. The van der Waals surface area contributed by atoms with E-state index in [1.54, 1.807) is 14.0 Å². The number of methoxy groups -OCH3 is 1. The Morgan fingerprint density at radius 2 is 2.20 bits per heavy atom. The van der Waals surface area contributed by atoms with E-state index in [0.29, 0.717) is 17.7 Å². The van der Waals surface area contributed by atoms with Crippen molar-refractivity contribution >= 4 is 37.0 Å². The van der Waals surface area contributed by atoms with Gasteiger partial charge in [0.1, 0.15) is 4.21 Å². The number of hydrogen-bond acceptors (Lipinski definition) is 5. The highest BCUT2D eigenvalue weighted by molar-refractivity contribution is 8.15. The zero-order valence-electron chi connectivity index (χ0n) is 11.2. The van der Waals surface area contributed by atoms with Gasteiger partial charge in [0.05, 0.1) is 11.2 Å². The zero-order chi connectivity index (χ0) is 15.0. The van der Waals surface area contributed by atoms with Crippen molar-refractivity contribution in [2.75, 3.05) is 13.7 Å². The Hall–Kier alpha value is -0.630. The van der Waals surface area contributed by atoms with E-state index in [0.717, 1.165) is 30.6 Å². The number of rotatable bonds is 5. The smallest absolute Gasteiger partial charge is 0.271 e. The van der Waals surface area contributed by atoms with E-state index in [-0.39, 0.29) is 15.7 Å². The van der Waals surface area contributed by atoms with Crippen LogP contribution in [0.25, 0.3) is 0 Å². The van der Waals surface area contributed by atoms with Crippen molar-refractivity contribution in [3.63, 3.8) is 0 Å². The first-order chi connectivity index (χ1) is 9.29. The predicted octanol–water partition coefficient (Wildman–Crippen LogP) is 2.28. The second-order valence-corrected chi connectivity index (χ2v) is 8.56. The van der Waals surface area contributed by atoms with Crippen LogP contribution in [0, 0.1) is 6.92 Å². The van der Waals surface area contributed by atoms with Crippen molar-refractivity contribution in [1.29, 1.82) is 0 Å². The van der Waals surface area contributed by atoms with Gasteiger partial charge in [0, 0.05) is 29.7 Å². The SMILES string of the molecule is COC1(CNC(=O)c2csc(S(=O)(=O)Cl)c2C)CCC1. The molecule has 1 amide bonds. The van der Waals surface area contributed by atoms with Crippen LogP contribution in [-0.2, 0) is 13.8 Å². The lowest BCUT2D eigenvalue weighted by Crippen LogP contribution is -2.49. The van der Waals surface area contributed by atoms with Crippen LogP contribution in [-0.4, -0.2) is 33.6 Å². The van der Waals surface area contributed by atoms with Crippen LogP contribution in [0.2, 0.25) is 0 Å². The average molecular weight is 338 g/mol. The van der Waals surface area contributed by atoms with Gasteiger partial charge in [-0.25, -0.2) is 8.42 Å². The molecule has 5 nitrogen and oxygen atoms in total. The summed E-state index contributed by atoms with van der Waals surface area (Å²) in [7, 11) is 3.15. The number of ether oxygens (including phenoxy) is 1. The fraction of sp³-hybridized carbons (Fsp3) is 0.583. The van der Waals surface area contributed by atoms with Crippen molar-refractivity contribution in [2.24, 2.45) is 0 Å². The highest BCUT2D eigenvalue weighted by Crippen LogP contribution is 2.34. The molecule has 1 heterocycles. The second kappa shape index (κ2) is 5.63. The Labute approximate surface area is 126 Å². The molecule has 0 aliphatic heterocycles. The molecule has 1 N–H and O–H groups in total. The monoisotopic (exact) mass is 337 g/mol. The van der Waals surface area contributed by atoms with Crippen molar-refractivity contribution in [2.45, 2.75) is 36.0 Å². The lowest BCUT2D eigenvalue weighted by Gasteiger charge is -2.40. The molecule has 0 spiro atoms. The van der Waals surface area contributed by atoms with Crippen LogP contribution in [0.3, 0.4) is 0 Å². The van der Waals surface area contributed by atoms with Crippen molar-refractivity contribution in [3.8, 4) is 0 Å². The van der Waals surface area contributed by atoms with Crippen LogP contribution in [0.4, 0.5) is 0 Å². The normalized spacial score (nSPS) is 17.6. The lowest BCUT2D eigenvalue weighted by molar-refractivity contribution is -0.0679. The number of thiophene rings is 1. The summed E-state index contributed by atoms with van der Waals surface area (Å²) in [6.07, 6.45) is 2.94. The van der Waals surface area contributed by atoms with Crippen LogP contribution < -0.4 is 5.32 Å². The molecule has 0 atom stereocenters. The molecule has 1 aromatic heterocycles. The molecule has 112 valence electrons. The molecule has 0 bridgehead atoms. The largest absolute Gasteiger partial charge is 0.376 e. The molecule has 0 aromatic carbocycles. The number of carbonyl (C=O) groups excluding carboxylic acids is 1. The minimum absolute atomic E-state index is 0.0226. The van der Waals surface area contributed by atoms with Crippen molar-refractivity contribution in [1.82, 2.24) is 5.32 Å². The molecule has 8 heteroatoms. The average Bonchev–Trinajstić information content (AvgIpc) is 2.69. The molecule has 0 saturated heterocycles. The van der Waals surface area contributed by atoms with Gasteiger partial charge in [-0.05, 0) is 31.7 Å². The lowest BCUT2D eigenvalue weighted by atomic mass is 9.80. The molecule has 20 heavy (non-hydrogen) atoms. The minimum atomic E-state index is -3.80. The zero-order valence-corrected chi connectivity index (χ0v) is 13.6. The van der Waals surface area contributed by atoms with E-state index in [4.69, 9.17) is 15.4 Å². The highest BCUT2D eigenvalue weighted by atomic mass is 35.7. The summed E-state index contributed by atoms with van der Waals surface area (Å²) >= 11 is 0.958. The number of halogens is 1. The topological polar surface area (TPSA) is 72.5 Å². The van der Waals surface area contributed by atoms with E-state index in [1.807, 2.05) is 0 Å². The Morgan fingerprint density at radius 1 is 1.55 bits per heavy atom. The molecule has 0 unspecified atom stereocenters. The molecule has 1 aliphatic carbocycles. The maximum atomic E-state index is 12.1. The van der Waals surface area contributed by atoms with Crippen molar-refractivity contribution in [3.05, 3.63) is 16.5 Å². The number of amides is 1. The van der Waals surface area contributed by atoms with Gasteiger partial charge in [-0.1, -0.05) is 0 Å². The first-order valence-electron chi connectivity index (χ1n) is 6.15. The first-order valence-corrected chi connectivity index (χ1v) is 9.34. The van der Waals surface area contributed by atoms with Crippen LogP contribution in [0.15, 0.2) is 9.59 Å². The standard InChI is InChI=1S/C12H16ClNO4S2/c1-8-9(6-19-11(8)20(13,16)17)10(15)14-7-12(18-2)4-3-5-12/h6H,3-5,7H2,1-2H3,(H,14,15). The summed E-state index contributed by atoms with van der Waals surface area (Å²) < 4.78 is 28.1. The third-order valence-corrected chi connectivity index (χ3v) is 7.04. The van der Waals surface area contributed by atoms with Gasteiger partial charge < -0.3 is 10.1 Å². The van der Waals surface area contributed by atoms with Gasteiger partial charge in [-0.15, -0.1) is 11.3 Å². The van der Waals surface area contributed by atoms with Gasteiger partial charge in [0.15, 0.2) is 0 Å². The molecule has 2 rings (SSSR count). The maximum absolute atomic E-state index is 12.1. The predicted molar refractivity (Wildman–Crippen MR) is 78.0 cm³/mol. The van der Waals surface area contributed by atoms with E-state index in [2.05, 4.69) is 5.32 Å². The Balaban J connectivity index is 2.09. The molecule has 0 radical (unpaired) electrons. The summed E-state index contributed by atoms with van der Waals surface area (Å²) in [5, 5.41) is 4.32. The Morgan fingerprint density at radius 3 is 2.60 bits per heavy atom. The Kier molecular flexibility index (Phi) is 4.44. The first kappa shape index (κ1) is 15.8. The van der Waals surface area contributed by atoms with Crippen molar-refractivity contribution < 1.29 is 17.9 Å². The number of carbonyl (C=O) groups is 1. The van der Waals surface area contributed by atoms with Gasteiger partial charge in [0.2, 0.25) is 0 Å². The quantitative estimate of drug-likeness (QED) is 0.837. The van der Waals surface area contributed by atoms with Gasteiger partial charge in [0.25, 0.3) is 15.0 Å².